The van der Waals surface area contributed by atoms with Crippen molar-refractivity contribution in [3.05, 3.63) is 28.2 Å². The first-order chi connectivity index (χ1) is 11.1. The average Bonchev–Trinajstić information content (AvgIpc) is 2.52. The number of ether oxygens (including phenoxy) is 1. The lowest BCUT2D eigenvalue weighted by molar-refractivity contribution is -0.0119. The summed E-state index contributed by atoms with van der Waals surface area (Å²) in [6.45, 7) is 2.58. The van der Waals surface area contributed by atoms with Crippen molar-refractivity contribution >= 4 is 21.8 Å². The summed E-state index contributed by atoms with van der Waals surface area (Å²) in [5, 5.41) is 3.36. The zero-order valence-corrected chi connectivity index (χ0v) is 15.1. The van der Waals surface area contributed by atoms with Crippen LogP contribution in [0.3, 0.4) is 0 Å². The van der Waals surface area contributed by atoms with E-state index in [1.807, 2.05) is 25.1 Å². The number of rotatable bonds is 4. The summed E-state index contributed by atoms with van der Waals surface area (Å²) in [6, 6.07) is 6.00. The summed E-state index contributed by atoms with van der Waals surface area (Å²) in [4.78, 5) is 12.7. The number of carbonyl (C=O) groups excluding carboxylic acids is 1. The van der Waals surface area contributed by atoms with Gasteiger partial charge in [-0.05, 0) is 96.8 Å². The molecule has 0 aliphatic heterocycles. The largest absolute Gasteiger partial charge is 0.493 e. The molecule has 0 radical (unpaired) electrons. The van der Waals surface area contributed by atoms with E-state index in [9.17, 15) is 4.79 Å². The third kappa shape index (κ3) is 2.90. The molecule has 4 aliphatic carbocycles. The molecule has 4 bridgehead atoms. The Hall–Kier alpha value is -1.03. The first-order valence-electron chi connectivity index (χ1n) is 8.87. The number of nitrogens with one attached hydrogen (secondary N) is 1. The lowest BCUT2D eigenvalue weighted by Gasteiger charge is -2.54. The van der Waals surface area contributed by atoms with Crippen LogP contribution in [0.15, 0.2) is 22.7 Å². The van der Waals surface area contributed by atoms with Crippen LogP contribution in [0.4, 0.5) is 0 Å². The van der Waals surface area contributed by atoms with Crippen molar-refractivity contribution in [2.75, 3.05) is 6.61 Å². The van der Waals surface area contributed by atoms with Crippen molar-refractivity contribution in [2.24, 2.45) is 23.7 Å². The van der Waals surface area contributed by atoms with Crippen LogP contribution in [0.5, 0.6) is 5.75 Å². The maximum Gasteiger partial charge on any atom is 0.251 e. The fourth-order valence-corrected chi connectivity index (χ4v) is 5.80. The summed E-state index contributed by atoms with van der Waals surface area (Å²) in [7, 11) is 0. The minimum atomic E-state index is 0.0613. The van der Waals surface area contributed by atoms with E-state index in [0.717, 1.165) is 22.1 Å². The van der Waals surface area contributed by atoms with E-state index >= 15 is 0 Å². The predicted molar refractivity (Wildman–Crippen MR) is 93.6 cm³/mol. The molecular formula is C19H24BrNO2. The van der Waals surface area contributed by atoms with Gasteiger partial charge in [-0.1, -0.05) is 0 Å². The van der Waals surface area contributed by atoms with Gasteiger partial charge in [-0.25, -0.2) is 0 Å². The van der Waals surface area contributed by atoms with E-state index in [2.05, 4.69) is 21.2 Å². The highest BCUT2D eigenvalue weighted by atomic mass is 79.9. The van der Waals surface area contributed by atoms with Gasteiger partial charge >= 0.3 is 0 Å². The van der Waals surface area contributed by atoms with E-state index in [-0.39, 0.29) is 5.91 Å². The molecule has 0 aromatic heterocycles. The van der Waals surface area contributed by atoms with Gasteiger partial charge in [0, 0.05) is 11.6 Å². The fraction of sp³-hybridized carbons (Fsp3) is 0.632. The molecule has 1 aromatic rings. The Labute approximate surface area is 146 Å². The summed E-state index contributed by atoms with van der Waals surface area (Å²) < 4.78 is 6.36. The number of benzene rings is 1. The molecule has 4 heteroatoms. The molecule has 0 spiro atoms. The highest BCUT2D eigenvalue weighted by molar-refractivity contribution is 9.10. The number of carbonyl (C=O) groups is 1. The normalized spacial score (nSPS) is 34.4. The van der Waals surface area contributed by atoms with Crippen molar-refractivity contribution in [1.82, 2.24) is 5.32 Å². The highest BCUT2D eigenvalue weighted by Crippen LogP contribution is 2.53. The predicted octanol–water partition coefficient (Wildman–Crippen LogP) is 4.40. The van der Waals surface area contributed by atoms with E-state index in [1.54, 1.807) is 0 Å². The molecule has 1 N–H and O–H groups in total. The summed E-state index contributed by atoms with van der Waals surface area (Å²) in [5.74, 6) is 4.14. The van der Waals surface area contributed by atoms with Crippen LogP contribution in [-0.4, -0.2) is 18.6 Å². The standard InChI is InChI=1S/C19H24BrNO2/c1-2-23-17-4-3-13(10-16(17)20)19(22)21-18-14-6-11-5-12(8-14)9-15(18)7-11/h3-4,10-12,14-15,18H,2,5-9H2,1H3,(H,21,22). The van der Waals surface area contributed by atoms with Gasteiger partial charge in [-0.3, -0.25) is 4.79 Å². The van der Waals surface area contributed by atoms with E-state index in [4.69, 9.17) is 4.74 Å². The summed E-state index contributed by atoms with van der Waals surface area (Å²) in [6.07, 6.45) is 6.74. The topological polar surface area (TPSA) is 38.3 Å². The second-order valence-electron chi connectivity index (χ2n) is 7.51. The molecular weight excluding hydrogens is 354 g/mol. The van der Waals surface area contributed by atoms with Gasteiger partial charge in [-0.15, -0.1) is 0 Å². The molecule has 4 aliphatic rings. The monoisotopic (exact) mass is 377 g/mol. The molecule has 23 heavy (non-hydrogen) atoms. The molecule has 0 atom stereocenters. The smallest absolute Gasteiger partial charge is 0.251 e. The van der Waals surface area contributed by atoms with Crippen molar-refractivity contribution in [3.63, 3.8) is 0 Å². The maximum atomic E-state index is 12.7. The van der Waals surface area contributed by atoms with Gasteiger partial charge < -0.3 is 10.1 Å². The molecule has 1 aromatic carbocycles. The maximum absolute atomic E-state index is 12.7. The third-order valence-electron chi connectivity index (χ3n) is 6.02. The van der Waals surface area contributed by atoms with Crippen LogP contribution in [0.1, 0.15) is 49.4 Å². The zero-order chi connectivity index (χ0) is 16.0. The van der Waals surface area contributed by atoms with Gasteiger partial charge in [0.1, 0.15) is 5.75 Å². The van der Waals surface area contributed by atoms with Crippen LogP contribution < -0.4 is 10.1 Å². The number of halogens is 1. The van der Waals surface area contributed by atoms with Gasteiger partial charge in [0.15, 0.2) is 0 Å². The molecule has 5 rings (SSSR count). The minimum absolute atomic E-state index is 0.0613. The van der Waals surface area contributed by atoms with Crippen molar-refractivity contribution < 1.29 is 9.53 Å². The van der Waals surface area contributed by atoms with Crippen molar-refractivity contribution in [3.8, 4) is 5.75 Å². The molecule has 0 heterocycles. The molecule has 124 valence electrons. The quantitative estimate of drug-likeness (QED) is 0.843. The van der Waals surface area contributed by atoms with Crippen molar-refractivity contribution in [2.45, 2.75) is 45.1 Å². The Bertz CT molecular complexity index is 587. The Morgan fingerprint density at radius 1 is 1.17 bits per heavy atom. The number of hydrogen-bond donors (Lipinski definition) is 1. The number of hydrogen-bond acceptors (Lipinski definition) is 2. The third-order valence-corrected chi connectivity index (χ3v) is 6.64. The van der Waals surface area contributed by atoms with Gasteiger partial charge in [0.05, 0.1) is 11.1 Å². The second kappa shape index (κ2) is 6.12. The van der Waals surface area contributed by atoms with Crippen LogP contribution in [0, 0.1) is 23.7 Å². The zero-order valence-electron chi connectivity index (χ0n) is 13.6. The first-order valence-corrected chi connectivity index (χ1v) is 9.66. The molecule has 4 saturated carbocycles. The molecule has 4 fully saturated rings. The van der Waals surface area contributed by atoms with Crippen molar-refractivity contribution in [1.29, 1.82) is 0 Å². The van der Waals surface area contributed by atoms with E-state index in [1.165, 1.54) is 32.1 Å². The van der Waals surface area contributed by atoms with Crippen LogP contribution in [0.2, 0.25) is 0 Å². The lowest BCUT2D eigenvalue weighted by atomic mass is 9.54. The molecule has 3 nitrogen and oxygen atoms in total. The molecule has 0 unspecified atom stereocenters. The molecule has 1 amide bonds. The molecule has 0 saturated heterocycles. The fourth-order valence-electron chi connectivity index (χ4n) is 5.31. The van der Waals surface area contributed by atoms with E-state index in [0.29, 0.717) is 30.0 Å². The van der Waals surface area contributed by atoms with Gasteiger partial charge in [0.2, 0.25) is 0 Å². The summed E-state index contributed by atoms with van der Waals surface area (Å²) >= 11 is 3.50. The first kappa shape index (κ1) is 15.5. The van der Waals surface area contributed by atoms with E-state index < -0.39 is 0 Å². The Kier molecular flexibility index (Phi) is 4.12. The SMILES string of the molecule is CCOc1ccc(C(=O)NC2C3CC4CC(C3)CC2C4)cc1Br. The average molecular weight is 378 g/mol. The Balaban J connectivity index is 1.47. The Morgan fingerprint density at radius 3 is 2.39 bits per heavy atom. The Morgan fingerprint density at radius 2 is 1.83 bits per heavy atom. The second-order valence-corrected chi connectivity index (χ2v) is 8.36. The van der Waals surface area contributed by atoms with Crippen LogP contribution in [0.25, 0.3) is 0 Å². The number of amides is 1. The van der Waals surface area contributed by atoms with Gasteiger partial charge in [0.25, 0.3) is 5.91 Å². The van der Waals surface area contributed by atoms with Crippen LogP contribution in [-0.2, 0) is 0 Å². The minimum Gasteiger partial charge on any atom is -0.493 e. The van der Waals surface area contributed by atoms with Crippen LogP contribution >= 0.6 is 15.9 Å². The highest BCUT2D eigenvalue weighted by Gasteiger charge is 2.48. The van der Waals surface area contributed by atoms with Gasteiger partial charge in [-0.2, -0.15) is 0 Å². The lowest BCUT2D eigenvalue weighted by Crippen LogP contribution is -2.55. The summed E-state index contributed by atoms with van der Waals surface area (Å²) in [5.41, 5.74) is 0.717.